The molecule has 132 valence electrons. The van der Waals surface area contributed by atoms with Gasteiger partial charge in [-0.3, -0.25) is 24.3 Å². The summed E-state index contributed by atoms with van der Waals surface area (Å²) in [5.41, 5.74) is 2.55. The van der Waals surface area contributed by atoms with E-state index in [1.807, 2.05) is 0 Å². The second-order valence-corrected chi connectivity index (χ2v) is 6.14. The van der Waals surface area contributed by atoms with Crippen molar-refractivity contribution in [2.45, 2.75) is 6.54 Å². The van der Waals surface area contributed by atoms with Crippen molar-refractivity contribution in [1.29, 1.82) is 0 Å². The Morgan fingerprint density at radius 1 is 0.926 bits per heavy atom. The van der Waals surface area contributed by atoms with Gasteiger partial charge in [0.05, 0.1) is 29.6 Å². The van der Waals surface area contributed by atoms with Crippen LogP contribution in [0.2, 0.25) is 0 Å². The Morgan fingerprint density at radius 2 is 1.67 bits per heavy atom. The Hall–Kier alpha value is -3.80. The van der Waals surface area contributed by atoms with E-state index in [0.29, 0.717) is 27.9 Å². The molecule has 1 aliphatic rings. The van der Waals surface area contributed by atoms with Crippen LogP contribution >= 0.6 is 0 Å². The van der Waals surface area contributed by atoms with Crippen LogP contribution in [0.3, 0.4) is 0 Å². The molecule has 6 heteroatoms. The number of benzene rings is 2. The molecule has 1 aromatic heterocycles. The predicted molar refractivity (Wildman–Crippen MR) is 99.3 cm³/mol. The van der Waals surface area contributed by atoms with Gasteiger partial charge in [-0.25, -0.2) is 0 Å². The summed E-state index contributed by atoms with van der Waals surface area (Å²) in [6.07, 6.45) is 3.18. The lowest BCUT2D eigenvalue weighted by Crippen LogP contribution is -2.29. The number of amides is 3. The van der Waals surface area contributed by atoms with Crippen LogP contribution in [0.4, 0.5) is 5.69 Å². The van der Waals surface area contributed by atoms with E-state index in [1.54, 1.807) is 73.1 Å². The first-order valence-corrected chi connectivity index (χ1v) is 8.39. The molecule has 0 unspecified atom stereocenters. The molecule has 0 saturated carbocycles. The molecular weight excluding hydrogens is 342 g/mol. The molecule has 2 aromatic carbocycles. The van der Waals surface area contributed by atoms with E-state index in [1.165, 1.54) is 4.90 Å². The number of carbonyl (C=O) groups is 3. The van der Waals surface area contributed by atoms with Crippen molar-refractivity contribution in [2.75, 3.05) is 5.32 Å². The molecule has 0 radical (unpaired) electrons. The number of aromatic nitrogens is 1. The van der Waals surface area contributed by atoms with Gasteiger partial charge in [-0.15, -0.1) is 0 Å². The van der Waals surface area contributed by atoms with Gasteiger partial charge in [0.2, 0.25) is 0 Å². The van der Waals surface area contributed by atoms with Gasteiger partial charge in [-0.2, -0.15) is 0 Å². The number of nitrogens with one attached hydrogen (secondary N) is 1. The largest absolute Gasteiger partial charge is 0.321 e. The van der Waals surface area contributed by atoms with E-state index < -0.39 is 0 Å². The highest BCUT2D eigenvalue weighted by Gasteiger charge is 2.34. The highest BCUT2D eigenvalue weighted by molar-refractivity contribution is 6.21. The van der Waals surface area contributed by atoms with Gasteiger partial charge in [0, 0.05) is 11.8 Å². The lowest BCUT2D eigenvalue weighted by molar-refractivity contribution is 0.0642. The van der Waals surface area contributed by atoms with Crippen molar-refractivity contribution < 1.29 is 14.4 Å². The van der Waals surface area contributed by atoms with Crippen LogP contribution < -0.4 is 5.32 Å². The second kappa shape index (κ2) is 6.84. The Kier molecular flexibility index (Phi) is 4.22. The van der Waals surface area contributed by atoms with E-state index in [2.05, 4.69) is 10.3 Å². The third-order valence-corrected chi connectivity index (χ3v) is 4.33. The molecule has 0 atom stereocenters. The predicted octanol–water partition coefficient (Wildman–Crippen LogP) is 3.13. The maximum atomic E-state index is 12.5. The summed E-state index contributed by atoms with van der Waals surface area (Å²) in [5, 5.41) is 2.76. The zero-order valence-electron chi connectivity index (χ0n) is 14.3. The van der Waals surface area contributed by atoms with Crippen LogP contribution in [0.5, 0.6) is 0 Å². The minimum atomic E-state index is -0.319. The van der Waals surface area contributed by atoms with Gasteiger partial charge in [0.25, 0.3) is 17.7 Å². The highest BCUT2D eigenvalue weighted by Crippen LogP contribution is 2.24. The molecule has 4 rings (SSSR count). The van der Waals surface area contributed by atoms with E-state index in [4.69, 9.17) is 0 Å². The van der Waals surface area contributed by atoms with Crippen molar-refractivity contribution in [3.63, 3.8) is 0 Å². The molecule has 3 aromatic rings. The summed E-state index contributed by atoms with van der Waals surface area (Å²) in [6.45, 7) is 0.111. The summed E-state index contributed by atoms with van der Waals surface area (Å²) in [6, 6.07) is 17.1. The number of pyridine rings is 1. The fourth-order valence-electron chi connectivity index (χ4n) is 3.02. The van der Waals surface area contributed by atoms with Gasteiger partial charge >= 0.3 is 0 Å². The van der Waals surface area contributed by atoms with Gasteiger partial charge in [0.1, 0.15) is 0 Å². The second-order valence-electron chi connectivity index (χ2n) is 6.14. The summed E-state index contributed by atoms with van der Waals surface area (Å²) in [4.78, 5) is 42.6. The quantitative estimate of drug-likeness (QED) is 0.728. The first-order chi connectivity index (χ1) is 13.1. The fraction of sp³-hybridized carbons (Fsp3) is 0.0476. The number of hydrogen-bond acceptors (Lipinski definition) is 4. The minimum absolute atomic E-state index is 0.111. The molecule has 2 heterocycles. The van der Waals surface area contributed by atoms with Crippen LogP contribution in [-0.4, -0.2) is 27.6 Å². The molecule has 0 fully saturated rings. The summed E-state index contributed by atoms with van der Waals surface area (Å²) < 4.78 is 0. The molecule has 0 spiro atoms. The number of anilines is 1. The molecule has 27 heavy (non-hydrogen) atoms. The molecule has 1 aliphatic heterocycles. The third kappa shape index (κ3) is 3.20. The Balaban J connectivity index is 1.53. The van der Waals surface area contributed by atoms with Crippen molar-refractivity contribution in [3.05, 3.63) is 95.3 Å². The van der Waals surface area contributed by atoms with Crippen molar-refractivity contribution in [1.82, 2.24) is 9.88 Å². The molecule has 3 amide bonds. The molecule has 1 N–H and O–H groups in total. The SMILES string of the molecule is O=C(Nc1cccnc1)c1cccc(CN2C(=O)c3ccccc3C2=O)c1. The Morgan fingerprint density at radius 3 is 2.33 bits per heavy atom. The lowest BCUT2D eigenvalue weighted by Gasteiger charge is -2.14. The van der Waals surface area contributed by atoms with Crippen molar-refractivity contribution in [2.24, 2.45) is 0 Å². The topological polar surface area (TPSA) is 79.4 Å². The van der Waals surface area contributed by atoms with Crippen molar-refractivity contribution in [3.8, 4) is 0 Å². The standard InChI is InChI=1S/C21H15N3O3/c25-19(23-16-7-4-10-22-12-16)15-6-3-5-14(11-15)13-24-20(26)17-8-1-2-9-18(17)21(24)27/h1-12H,13H2,(H,23,25). The average Bonchev–Trinajstić information content (AvgIpc) is 2.94. The van der Waals surface area contributed by atoms with Crippen LogP contribution in [0.25, 0.3) is 0 Å². The number of fused-ring (bicyclic) bond motifs is 1. The average molecular weight is 357 g/mol. The van der Waals surface area contributed by atoms with Crippen LogP contribution in [-0.2, 0) is 6.54 Å². The Bertz CT molecular complexity index is 1010. The molecule has 0 bridgehead atoms. The van der Waals surface area contributed by atoms with Gasteiger partial charge in [-0.1, -0.05) is 24.3 Å². The first-order valence-electron chi connectivity index (χ1n) is 8.39. The number of hydrogen-bond donors (Lipinski definition) is 1. The van der Waals surface area contributed by atoms with Gasteiger partial charge < -0.3 is 5.32 Å². The fourth-order valence-corrected chi connectivity index (χ4v) is 3.02. The maximum absolute atomic E-state index is 12.5. The van der Waals surface area contributed by atoms with E-state index >= 15 is 0 Å². The zero-order chi connectivity index (χ0) is 18.8. The number of carbonyl (C=O) groups excluding carboxylic acids is 3. The molecule has 0 aliphatic carbocycles. The minimum Gasteiger partial charge on any atom is -0.321 e. The Labute approximate surface area is 155 Å². The third-order valence-electron chi connectivity index (χ3n) is 4.33. The lowest BCUT2D eigenvalue weighted by atomic mass is 10.1. The van der Waals surface area contributed by atoms with Crippen molar-refractivity contribution >= 4 is 23.4 Å². The molecular formula is C21H15N3O3. The van der Waals surface area contributed by atoms with E-state index in [9.17, 15) is 14.4 Å². The zero-order valence-corrected chi connectivity index (χ0v) is 14.3. The van der Waals surface area contributed by atoms with E-state index in [-0.39, 0.29) is 24.3 Å². The first kappa shape index (κ1) is 16.7. The summed E-state index contributed by atoms with van der Waals surface area (Å²) in [5.74, 6) is -0.922. The summed E-state index contributed by atoms with van der Waals surface area (Å²) in [7, 11) is 0. The van der Waals surface area contributed by atoms with Gasteiger partial charge in [-0.05, 0) is 42.0 Å². The summed E-state index contributed by atoms with van der Waals surface area (Å²) >= 11 is 0. The monoisotopic (exact) mass is 357 g/mol. The number of nitrogens with zero attached hydrogens (tertiary/aromatic N) is 2. The normalized spacial score (nSPS) is 12.8. The van der Waals surface area contributed by atoms with Crippen LogP contribution in [0.15, 0.2) is 73.1 Å². The smallest absolute Gasteiger partial charge is 0.261 e. The highest BCUT2D eigenvalue weighted by atomic mass is 16.2. The van der Waals surface area contributed by atoms with Crippen LogP contribution in [0.1, 0.15) is 36.6 Å². The maximum Gasteiger partial charge on any atom is 0.261 e. The van der Waals surface area contributed by atoms with Gasteiger partial charge in [0.15, 0.2) is 0 Å². The number of rotatable bonds is 4. The van der Waals surface area contributed by atoms with E-state index in [0.717, 1.165) is 0 Å². The number of imide groups is 1. The molecule has 0 saturated heterocycles. The van der Waals surface area contributed by atoms with Crippen LogP contribution in [0, 0.1) is 0 Å². The molecule has 6 nitrogen and oxygen atoms in total.